The van der Waals surface area contributed by atoms with Crippen LogP contribution >= 0.6 is 0 Å². The molecule has 0 saturated carbocycles. The van der Waals surface area contributed by atoms with E-state index in [0.29, 0.717) is 6.54 Å². The smallest absolute Gasteiger partial charge is 0.223 e. The Labute approximate surface area is 131 Å². The number of rotatable bonds is 6. The molecule has 0 spiro atoms. The normalized spacial score (nSPS) is 16.1. The first kappa shape index (κ1) is 16.6. The number of hydrogen-bond donors (Lipinski definition) is 1. The van der Waals surface area contributed by atoms with Crippen LogP contribution in [-0.4, -0.2) is 56.2 Å². The van der Waals surface area contributed by atoms with Gasteiger partial charge in [0.15, 0.2) is 12.1 Å². The lowest BCUT2D eigenvalue weighted by molar-refractivity contribution is -0.131. The third-order valence-electron chi connectivity index (χ3n) is 3.94. The van der Waals surface area contributed by atoms with Gasteiger partial charge in [-0.25, -0.2) is 0 Å². The summed E-state index contributed by atoms with van der Waals surface area (Å²) in [4.78, 5) is 14.3. The van der Waals surface area contributed by atoms with E-state index in [-0.39, 0.29) is 11.8 Å². The topological polar surface area (TPSA) is 76.6 Å². The molecule has 1 aliphatic heterocycles. The highest BCUT2D eigenvalue weighted by Crippen LogP contribution is 2.21. The second kappa shape index (κ2) is 8.05. The van der Waals surface area contributed by atoms with Crippen molar-refractivity contribution >= 4 is 11.7 Å². The van der Waals surface area contributed by atoms with Crippen LogP contribution in [0, 0.1) is 12.8 Å². The first-order valence-corrected chi connectivity index (χ1v) is 7.52. The van der Waals surface area contributed by atoms with Gasteiger partial charge in [0.1, 0.15) is 0 Å². The number of carbonyl (C=O) groups is 1. The van der Waals surface area contributed by atoms with Crippen LogP contribution in [0.2, 0.25) is 0 Å². The van der Waals surface area contributed by atoms with Crippen LogP contribution in [-0.2, 0) is 14.3 Å². The lowest BCUT2D eigenvalue weighted by atomic mass is 9.96. The van der Waals surface area contributed by atoms with Crippen molar-refractivity contribution in [3.8, 4) is 0 Å². The molecule has 0 aliphatic carbocycles. The van der Waals surface area contributed by atoms with Gasteiger partial charge in [0.25, 0.3) is 0 Å². The fourth-order valence-electron chi connectivity index (χ4n) is 2.52. The van der Waals surface area contributed by atoms with Gasteiger partial charge in [-0.1, -0.05) is 0 Å². The molecule has 1 aliphatic rings. The quantitative estimate of drug-likeness (QED) is 0.781. The van der Waals surface area contributed by atoms with Crippen molar-refractivity contribution in [2.75, 3.05) is 38.8 Å². The highest BCUT2D eigenvalue weighted by Gasteiger charge is 2.26. The summed E-state index contributed by atoms with van der Waals surface area (Å²) in [5.74, 6) is 0.973. The first-order chi connectivity index (χ1) is 10.6. The molecule has 22 heavy (non-hydrogen) atoms. The molecule has 1 aromatic rings. The van der Waals surface area contributed by atoms with E-state index in [2.05, 4.69) is 20.4 Å². The summed E-state index contributed by atoms with van der Waals surface area (Å²) in [6, 6.07) is 3.93. The Morgan fingerprint density at radius 2 is 2.00 bits per heavy atom. The standard InChI is InChI=1S/C15H24N4O3/c1-11-4-5-13(18-17-11)19-8-6-12(7-9-19)15(20)16-10-14(21-2)22-3/h4-5,12,14H,6-10H2,1-3H3,(H,16,20). The summed E-state index contributed by atoms with van der Waals surface area (Å²) in [7, 11) is 3.11. The summed E-state index contributed by atoms with van der Waals surface area (Å²) < 4.78 is 10.1. The van der Waals surface area contributed by atoms with Crippen LogP contribution in [0.3, 0.4) is 0 Å². The molecule has 2 heterocycles. The van der Waals surface area contributed by atoms with Crippen LogP contribution < -0.4 is 10.2 Å². The predicted octanol–water partition coefficient (Wildman–Crippen LogP) is 0.737. The summed E-state index contributed by atoms with van der Waals surface area (Å²) in [5.41, 5.74) is 0.906. The maximum absolute atomic E-state index is 12.2. The Balaban J connectivity index is 1.79. The van der Waals surface area contributed by atoms with Crippen molar-refractivity contribution in [1.29, 1.82) is 0 Å². The van der Waals surface area contributed by atoms with E-state index in [1.807, 2.05) is 19.1 Å². The largest absolute Gasteiger partial charge is 0.355 e. The minimum Gasteiger partial charge on any atom is -0.355 e. The minimum absolute atomic E-state index is 0.0315. The molecule has 0 unspecified atom stereocenters. The number of methoxy groups -OCH3 is 2. The third-order valence-corrected chi connectivity index (χ3v) is 3.94. The van der Waals surface area contributed by atoms with E-state index in [0.717, 1.165) is 37.4 Å². The molecule has 1 amide bonds. The fraction of sp³-hybridized carbons (Fsp3) is 0.667. The van der Waals surface area contributed by atoms with E-state index in [4.69, 9.17) is 9.47 Å². The van der Waals surface area contributed by atoms with Crippen molar-refractivity contribution < 1.29 is 14.3 Å². The molecular formula is C15H24N4O3. The van der Waals surface area contributed by atoms with Crippen LogP contribution in [0.15, 0.2) is 12.1 Å². The predicted molar refractivity (Wildman–Crippen MR) is 82.5 cm³/mol. The van der Waals surface area contributed by atoms with Gasteiger partial charge in [0.2, 0.25) is 5.91 Å². The molecule has 1 fully saturated rings. The number of ether oxygens (including phenoxy) is 2. The van der Waals surface area contributed by atoms with E-state index >= 15 is 0 Å². The van der Waals surface area contributed by atoms with Gasteiger partial charge in [0.05, 0.1) is 12.2 Å². The lowest BCUT2D eigenvalue weighted by Crippen LogP contribution is -2.43. The summed E-state index contributed by atoms with van der Waals surface area (Å²) >= 11 is 0. The molecule has 0 aromatic carbocycles. The molecule has 1 aromatic heterocycles. The number of nitrogens with one attached hydrogen (secondary N) is 1. The van der Waals surface area contributed by atoms with Crippen molar-refractivity contribution in [1.82, 2.24) is 15.5 Å². The lowest BCUT2D eigenvalue weighted by Gasteiger charge is -2.32. The average molecular weight is 308 g/mol. The number of aryl methyl sites for hydroxylation is 1. The molecule has 1 saturated heterocycles. The maximum atomic E-state index is 12.2. The van der Waals surface area contributed by atoms with Crippen molar-refractivity contribution in [2.45, 2.75) is 26.1 Å². The molecule has 0 radical (unpaired) electrons. The van der Waals surface area contributed by atoms with E-state index < -0.39 is 6.29 Å². The molecule has 122 valence electrons. The summed E-state index contributed by atoms with van der Waals surface area (Å²) in [6.45, 7) is 3.91. The summed E-state index contributed by atoms with van der Waals surface area (Å²) in [5, 5.41) is 11.2. The number of anilines is 1. The number of carbonyl (C=O) groups excluding carboxylic acids is 1. The Bertz CT molecular complexity index is 468. The molecular weight excluding hydrogens is 284 g/mol. The van der Waals surface area contributed by atoms with Crippen molar-refractivity contribution in [3.63, 3.8) is 0 Å². The Hall–Kier alpha value is -1.73. The van der Waals surface area contributed by atoms with Gasteiger partial charge in [0, 0.05) is 33.2 Å². The van der Waals surface area contributed by atoms with Crippen molar-refractivity contribution in [3.05, 3.63) is 17.8 Å². The molecule has 0 atom stereocenters. The molecule has 7 heteroatoms. The van der Waals surface area contributed by atoms with Gasteiger partial charge in [-0.2, -0.15) is 5.10 Å². The fourth-order valence-corrected chi connectivity index (χ4v) is 2.52. The second-order valence-corrected chi connectivity index (χ2v) is 5.44. The molecule has 2 rings (SSSR count). The SMILES string of the molecule is COC(CNC(=O)C1CCN(c2ccc(C)nn2)CC1)OC. The van der Waals surface area contributed by atoms with Gasteiger partial charge in [-0.15, -0.1) is 5.10 Å². The van der Waals surface area contributed by atoms with Gasteiger partial charge in [-0.05, 0) is 31.9 Å². The van der Waals surface area contributed by atoms with E-state index in [9.17, 15) is 4.79 Å². The molecule has 1 N–H and O–H groups in total. The number of amides is 1. The number of aromatic nitrogens is 2. The highest BCUT2D eigenvalue weighted by atomic mass is 16.7. The average Bonchev–Trinajstić information content (AvgIpc) is 2.56. The van der Waals surface area contributed by atoms with Gasteiger partial charge >= 0.3 is 0 Å². The second-order valence-electron chi connectivity index (χ2n) is 5.44. The Morgan fingerprint density at radius 3 is 2.55 bits per heavy atom. The van der Waals surface area contributed by atoms with E-state index in [1.54, 1.807) is 14.2 Å². The van der Waals surface area contributed by atoms with Crippen LogP contribution in [0.5, 0.6) is 0 Å². The Kier molecular flexibility index (Phi) is 6.09. The zero-order valence-corrected chi connectivity index (χ0v) is 13.4. The number of piperidine rings is 1. The zero-order valence-electron chi connectivity index (χ0n) is 13.4. The van der Waals surface area contributed by atoms with Crippen LogP contribution in [0.4, 0.5) is 5.82 Å². The maximum Gasteiger partial charge on any atom is 0.223 e. The van der Waals surface area contributed by atoms with Crippen LogP contribution in [0.25, 0.3) is 0 Å². The minimum atomic E-state index is -0.396. The summed E-state index contributed by atoms with van der Waals surface area (Å²) in [6.07, 6.45) is 1.23. The highest BCUT2D eigenvalue weighted by molar-refractivity contribution is 5.78. The van der Waals surface area contributed by atoms with Gasteiger partial charge in [-0.3, -0.25) is 4.79 Å². The first-order valence-electron chi connectivity index (χ1n) is 7.52. The van der Waals surface area contributed by atoms with Gasteiger partial charge < -0.3 is 19.7 Å². The zero-order chi connectivity index (χ0) is 15.9. The Morgan fingerprint density at radius 1 is 1.32 bits per heavy atom. The number of nitrogens with zero attached hydrogens (tertiary/aromatic N) is 3. The third kappa shape index (κ3) is 4.38. The van der Waals surface area contributed by atoms with Crippen molar-refractivity contribution in [2.24, 2.45) is 5.92 Å². The van der Waals surface area contributed by atoms with E-state index in [1.165, 1.54) is 0 Å². The molecule has 7 nitrogen and oxygen atoms in total. The monoisotopic (exact) mass is 308 g/mol. The van der Waals surface area contributed by atoms with Crippen LogP contribution in [0.1, 0.15) is 18.5 Å². The number of hydrogen-bond acceptors (Lipinski definition) is 6. The molecule has 0 bridgehead atoms.